The summed E-state index contributed by atoms with van der Waals surface area (Å²) in [5.41, 5.74) is 2.24. The zero-order valence-corrected chi connectivity index (χ0v) is 16.6. The predicted octanol–water partition coefficient (Wildman–Crippen LogP) is 3.76. The topological polar surface area (TPSA) is 61.4 Å². The van der Waals surface area contributed by atoms with Gasteiger partial charge in [0.25, 0.3) is 5.91 Å². The number of nitrogens with zero attached hydrogens (tertiary/aromatic N) is 1. The van der Waals surface area contributed by atoms with Crippen LogP contribution in [0.15, 0.2) is 54.6 Å². The van der Waals surface area contributed by atoms with Crippen molar-refractivity contribution in [1.29, 1.82) is 0 Å². The Morgan fingerprint density at radius 2 is 1.64 bits per heavy atom. The molecule has 6 heteroatoms. The molecule has 1 saturated heterocycles. The fraction of sp³-hybridized carbons (Fsp3) is 0.318. The average Bonchev–Trinajstić information content (AvgIpc) is 2.97. The van der Waals surface area contributed by atoms with Crippen molar-refractivity contribution in [2.75, 3.05) is 18.4 Å². The Balaban J connectivity index is 1.56. The summed E-state index contributed by atoms with van der Waals surface area (Å²) >= 11 is 5.24. The van der Waals surface area contributed by atoms with Gasteiger partial charge in [-0.15, -0.1) is 0 Å². The predicted molar refractivity (Wildman–Crippen MR) is 115 cm³/mol. The highest BCUT2D eigenvalue weighted by molar-refractivity contribution is 7.80. The van der Waals surface area contributed by atoms with Crippen LogP contribution in [-0.4, -0.2) is 34.9 Å². The third-order valence-electron chi connectivity index (χ3n) is 4.72. The lowest BCUT2D eigenvalue weighted by Crippen LogP contribution is -2.35. The van der Waals surface area contributed by atoms with Gasteiger partial charge in [-0.1, -0.05) is 49.2 Å². The van der Waals surface area contributed by atoms with Gasteiger partial charge >= 0.3 is 0 Å². The van der Waals surface area contributed by atoms with Crippen LogP contribution in [0.25, 0.3) is 0 Å². The van der Waals surface area contributed by atoms with E-state index in [4.69, 9.17) is 12.2 Å². The first-order valence-corrected chi connectivity index (χ1v) is 10.1. The van der Waals surface area contributed by atoms with Crippen LogP contribution >= 0.6 is 12.2 Å². The van der Waals surface area contributed by atoms with Gasteiger partial charge in [0.05, 0.1) is 6.42 Å². The van der Waals surface area contributed by atoms with Crippen molar-refractivity contribution in [3.8, 4) is 0 Å². The van der Waals surface area contributed by atoms with E-state index in [9.17, 15) is 9.59 Å². The molecule has 1 aliphatic heterocycles. The van der Waals surface area contributed by atoms with Crippen LogP contribution < -0.4 is 10.6 Å². The Bertz CT molecular complexity index is 831. The first-order chi connectivity index (χ1) is 13.6. The number of thiocarbonyl (C=S) groups is 1. The number of amides is 2. The van der Waals surface area contributed by atoms with Crippen molar-refractivity contribution in [2.45, 2.75) is 32.1 Å². The highest BCUT2D eigenvalue weighted by atomic mass is 32.1. The van der Waals surface area contributed by atoms with E-state index in [1.165, 1.54) is 12.8 Å². The van der Waals surface area contributed by atoms with Crippen molar-refractivity contribution in [3.63, 3.8) is 0 Å². The molecule has 0 bridgehead atoms. The minimum Gasteiger partial charge on any atom is -0.339 e. The van der Waals surface area contributed by atoms with E-state index in [-0.39, 0.29) is 23.3 Å². The molecule has 1 fully saturated rings. The minimum atomic E-state index is -0.180. The van der Waals surface area contributed by atoms with E-state index in [0.717, 1.165) is 31.5 Å². The zero-order chi connectivity index (χ0) is 19.8. The summed E-state index contributed by atoms with van der Waals surface area (Å²) in [4.78, 5) is 26.8. The Morgan fingerprint density at radius 3 is 2.36 bits per heavy atom. The lowest BCUT2D eigenvalue weighted by Gasteiger charge is -2.20. The van der Waals surface area contributed by atoms with E-state index in [2.05, 4.69) is 10.6 Å². The van der Waals surface area contributed by atoms with Crippen molar-refractivity contribution < 1.29 is 9.59 Å². The van der Waals surface area contributed by atoms with Gasteiger partial charge < -0.3 is 15.5 Å². The molecule has 2 amide bonds. The second kappa shape index (κ2) is 9.99. The van der Waals surface area contributed by atoms with Crippen molar-refractivity contribution in [2.24, 2.45) is 0 Å². The summed E-state index contributed by atoms with van der Waals surface area (Å²) in [6, 6.07) is 16.7. The quantitative estimate of drug-likeness (QED) is 0.774. The van der Waals surface area contributed by atoms with Crippen molar-refractivity contribution >= 4 is 34.8 Å². The maximum atomic E-state index is 12.8. The lowest BCUT2D eigenvalue weighted by atomic mass is 10.1. The summed E-state index contributed by atoms with van der Waals surface area (Å²) in [6.45, 7) is 1.62. The molecule has 0 radical (unpaired) electrons. The van der Waals surface area contributed by atoms with E-state index in [1.807, 2.05) is 53.4 Å². The van der Waals surface area contributed by atoms with Crippen LogP contribution in [0, 0.1) is 0 Å². The zero-order valence-electron chi connectivity index (χ0n) is 15.8. The van der Waals surface area contributed by atoms with Crippen molar-refractivity contribution in [1.82, 2.24) is 10.2 Å². The Morgan fingerprint density at radius 1 is 0.929 bits per heavy atom. The molecule has 0 aromatic heterocycles. The number of rotatable bonds is 4. The van der Waals surface area contributed by atoms with E-state index in [0.29, 0.717) is 11.3 Å². The summed E-state index contributed by atoms with van der Waals surface area (Å²) in [5.74, 6) is -0.134. The van der Waals surface area contributed by atoms with Crippen LogP contribution in [0.4, 0.5) is 5.69 Å². The second-order valence-electron chi connectivity index (χ2n) is 6.95. The van der Waals surface area contributed by atoms with Crippen LogP contribution in [0.3, 0.4) is 0 Å². The highest BCUT2D eigenvalue weighted by Crippen LogP contribution is 2.16. The largest absolute Gasteiger partial charge is 0.339 e. The molecule has 5 nitrogen and oxygen atoms in total. The maximum Gasteiger partial charge on any atom is 0.253 e. The third kappa shape index (κ3) is 5.89. The molecule has 2 aromatic carbocycles. The van der Waals surface area contributed by atoms with Gasteiger partial charge in [0.2, 0.25) is 5.91 Å². The van der Waals surface area contributed by atoms with Gasteiger partial charge in [0.1, 0.15) is 0 Å². The molecule has 1 aliphatic rings. The molecule has 0 atom stereocenters. The molecular formula is C22H25N3O2S. The number of benzene rings is 2. The molecule has 146 valence electrons. The number of hydrogen-bond donors (Lipinski definition) is 2. The van der Waals surface area contributed by atoms with Gasteiger partial charge in [0, 0.05) is 24.3 Å². The highest BCUT2D eigenvalue weighted by Gasteiger charge is 2.17. The molecule has 2 aromatic rings. The number of carbonyl (C=O) groups is 2. The van der Waals surface area contributed by atoms with Crippen LogP contribution in [0.2, 0.25) is 0 Å². The standard InChI is InChI=1S/C22H25N3O2S/c26-20(15-17-9-4-3-5-10-17)24-22(28)23-19-12-8-11-18(16-19)21(27)25-13-6-1-2-7-14-25/h3-5,8-12,16H,1-2,6-7,13-15H2,(H2,23,24,26,28). The average molecular weight is 396 g/mol. The molecule has 0 spiro atoms. The normalized spacial score (nSPS) is 14.1. The summed E-state index contributed by atoms with van der Waals surface area (Å²) in [6.07, 6.45) is 4.74. The molecule has 2 N–H and O–H groups in total. The smallest absolute Gasteiger partial charge is 0.253 e. The Kier molecular flexibility index (Phi) is 7.14. The summed E-state index contributed by atoms with van der Waals surface area (Å²) < 4.78 is 0. The monoisotopic (exact) mass is 395 g/mol. The van der Waals surface area contributed by atoms with Crippen LogP contribution in [-0.2, 0) is 11.2 Å². The van der Waals surface area contributed by atoms with Gasteiger partial charge in [-0.25, -0.2) is 0 Å². The summed E-state index contributed by atoms with van der Waals surface area (Å²) in [7, 11) is 0. The lowest BCUT2D eigenvalue weighted by molar-refractivity contribution is -0.119. The minimum absolute atomic E-state index is 0.0459. The molecule has 28 heavy (non-hydrogen) atoms. The van der Waals surface area contributed by atoms with E-state index in [1.54, 1.807) is 6.07 Å². The number of anilines is 1. The molecule has 1 heterocycles. The number of nitrogens with one attached hydrogen (secondary N) is 2. The Hall–Kier alpha value is -2.73. The van der Waals surface area contributed by atoms with Gasteiger partial charge in [-0.3, -0.25) is 9.59 Å². The number of likely N-dealkylation sites (tertiary alicyclic amines) is 1. The van der Waals surface area contributed by atoms with Gasteiger partial charge in [-0.2, -0.15) is 0 Å². The first-order valence-electron chi connectivity index (χ1n) is 9.66. The number of hydrogen-bond acceptors (Lipinski definition) is 3. The van der Waals surface area contributed by atoms with E-state index >= 15 is 0 Å². The fourth-order valence-electron chi connectivity index (χ4n) is 3.30. The molecular weight excluding hydrogens is 370 g/mol. The molecule has 0 aliphatic carbocycles. The fourth-order valence-corrected chi connectivity index (χ4v) is 3.53. The maximum absolute atomic E-state index is 12.8. The van der Waals surface area contributed by atoms with Crippen LogP contribution in [0.1, 0.15) is 41.6 Å². The molecule has 0 unspecified atom stereocenters. The van der Waals surface area contributed by atoms with E-state index < -0.39 is 0 Å². The second-order valence-corrected chi connectivity index (χ2v) is 7.36. The SMILES string of the molecule is O=C(Cc1ccccc1)NC(=S)Nc1cccc(C(=O)N2CCCCCC2)c1. The third-order valence-corrected chi connectivity index (χ3v) is 4.93. The number of carbonyl (C=O) groups excluding carboxylic acids is 2. The molecule has 0 saturated carbocycles. The Labute approximate surface area is 171 Å². The molecule has 3 rings (SSSR count). The van der Waals surface area contributed by atoms with Gasteiger partial charge in [0.15, 0.2) is 5.11 Å². The first kappa shape index (κ1) is 20.0. The van der Waals surface area contributed by atoms with Gasteiger partial charge in [-0.05, 0) is 48.8 Å². The van der Waals surface area contributed by atoms with Crippen molar-refractivity contribution in [3.05, 3.63) is 65.7 Å². The van der Waals surface area contributed by atoms with Crippen LogP contribution in [0.5, 0.6) is 0 Å². The summed E-state index contributed by atoms with van der Waals surface area (Å²) in [5, 5.41) is 5.90.